The van der Waals surface area contributed by atoms with Gasteiger partial charge in [-0.3, -0.25) is 4.79 Å². The smallest absolute Gasteiger partial charge is 0.257 e. The van der Waals surface area contributed by atoms with Crippen LogP contribution in [-0.2, 0) is 0 Å². The maximum absolute atomic E-state index is 12.5. The average molecular weight is 339 g/mol. The summed E-state index contributed by atoms with van der Waals surface area (Å²) in [6, 6.07) is 13.6. The number of rotatable bonds is 7. The highest BCUT2D eigenvalue weighted by atomic mass is 16.5. The van der Waals surface area contributed by atoms with Gasteiger partial charge in [-0.2, -0.15) is 0 Å². The molecule has 3 rings (SSSR count). The van der Waals surface area contributed by atoms with Gasteiger partial charge in [-0.25, -0.2) is 0 Å². The van der Waals surface area contributed by atoms with Gasteiger partial charge in [0.2, 0.25) is 5.76 Å². The van der Waals surface area contributed by atoms with E-state index in [1.54, 1.807) is 19.1 Å². The van der Waals surface area contributed by atoms with Crippen molar-refractivity contribution in [1.82, 2.24) is 10.5 Å². The maximum atomic E-state index is 12.5. The first kappa shape index (κ1) is 16.8. The van der Waals surface area contributed by atoms with E-state index < -0.39 is 0 Å². The van der Waals surface area contributed by atoms with Crippen LogP contribution in [0.5, 0.6) is 0 Å². The number of carbonyl (C=O) groups excluding carboxylic acids is 1. The van der Waals surface area contributed by atoms with E-state index in [2.05, 4.69) is 27.5 Å². The lowest BCUT2D eigenvalue weighted by molar-refractivity contribution is 0.0953. The van der Waals surface area contributed by atoms with Crippen LogP contribution in [0.4, 0.5) is 5.69 Å². The molecule has 2 heterocycles. The molecule has 0 aliphatic heterocycles. The Hall–Kier alpha value is -3.02. The molecule has 1 amide bonds. The van der Waals surface area contributed by atoms with Crippen LogP contribution in [0, 0.1) is 6.92 Å². The van der Waals surface area contributed by atoms with E-state index >= 15 is 0 Å². The zero-order valence-corrected chi connectivity index (χ0v) is 14.4. The van der Waals surface area contributed by atoms with Gasteiger partial charge >= 0.3 is 0 Å². The minimum Gasteiger partial charge on any atom is -0.461 e. The quantitative estimate of drug-likeness (QED) is 0.667. The maximum Gasteiger partial charge on any atom is 0.257 e. The first-order valence-corrected chi connectivity index (χ1v) is 8.21. The van der Waals surface area contributed by atoms with Gasteiger partial charge < -0.3 is 19.2 Å². The molecule has 0 aliphatic rings. The lowest BCUT2D eigenvalue weighted by atomic mass is 10.1. The summed E-state index contributed by atoms with van der Waals surface area (Å²) in [5.74, 6) is 0.656. The summed E-state index contributed by atoms with van der Waals surface area (Å²) in [4.78, 5) is 14.6. The third-order valence-corrected chi connectivity index (χ3v) is 3.99. The van der Waals surface area contributed by atoms with Crippen molar-refractivity contribution in [1.29, 1.82) is 0 Å². The summed E-state index contributed by atoms with van der Waals surface area (Å²) in [6.07, 6.45) is 2.37. The van der Waals surface area contributed by atoms with Crippen LogP contribution in [0.25, 0.3) is 11.5 Å². The first-order chi connectivity index (χ1) is 12.2. The SMILES string of the molecule is Cc1noc(-c2ccco2)c1C(=O)NCCCN(C)c1ccccc1. The summed E-state index contributed by atoms with van der Waals surface area (Å²) in [5.41, 5.74) is 2.13. The number of furan rings is 1. The number of aromatic nitrogens is 1. The van der Waals surface area contributed by atoms with Crippen molar-refractivity contribution in [3.63, 3.8) is 0 Å². The molecular weight excluding hydrogens is 318 g/mol. The predicted octanol–water partition coefficient (Wildman–Crippen LogP) is 3.50. The number of nitrogens with one attached hydrogen (secondary N) is 1. The Labute approximate surface area is 146 Å². The Morgan fingerprint density at radius 3 is 2.72 bits per heavy atom. The van der Waals surface area contributed by atoms with E-state index in [0.29, 0.717) is 29.3 Å². The largest absolute Gasteiger partial charge is 0.461 e. The molecule has 25 heavy (non-hydrogen) atoms. The minimum atomic E-state index is -0.201. The van der Waals surface area contributed by atoms with Gasteiger partial charge in [0.15, 0.2) is 5.76 Å². The highest BCUT2D eigenvalue weighted by Crippen LogP contribution is 2.26. The Bertz CT molecular complexity index is 810. The fourth-order valence-corrected chi connectivity index (χ4v) is 2.63. The van der Waals surface area contributed by atoms with Gasteiger partial charge in [0.1, 0.15) is 5.56 Å². The fraction of sp³-hybridized carbons (Fsp3) is 0.263. The van der Waals surface area contributed by atoms with Gasteiger partial charge in [0.25, 0.3) is 5.91 Å². The van der Waals surface area contributed by atoms with E-state index in [-0.39, 0.29) is 5.91 Å². The fourth-order valence-electron chi connectivity index (χ4n) is 2.63. The summed E-state index contributed by atoms with van der Waals surface area (Å²) < 4.78 is 10.6. The Morgan fingerprint density at radius 2 is 2.00 bits per heavy atom. The normalized spacial score (nSPS) is 10.6. The number of nitrogens with zero attached hydrogens (tertiary/aromatic N) is 2. The van der Waals surface area contributed by atoms with Crippen molar-refractivity contribution in [2.45, 2.75) is 13.3 Å². The van der Waals surface area contributed by atoms with Crippen molar-refractivity contribution in [3.8, 4) is 11.5 Å². The molecule has 0 unspecified atom stereocenters. The molecule has 1 N–H and O–H groups in total. The number of hydrogen-bond donors (Lipinski definition) is 1. The van der Waals surface area contributed by atoms with Crippen molar-refractivity contribution in [2.24, 2.45) is 0 Å². The molecule has 0 bridgehead atoms. The third kappa shape index (κ3) is 3.91. The summed E-state index contributed by atoms with van der Waals surface area (Å²) in [6.45, 7) is 3.16. The number of benzene rings is 1. The molecular formula is C19H21N3O3. The monoisotopic (exact) mass is 339 g/mol. The van der Waals surface area contributed by atoms with Crippen molar-refractivity contribution >= 4 is 11.6 Å². The van der Waals surface area contributed by atoms with Crippen LogP contribution in [0.3, 0.4) is 0 Å². The number of hydrogen-bond acceptors (Lipinski definition) is 5. The summed E-state index contributed by atoms with van der Waals surface area (Å²) >= 11 is 0. The highest BCUT2D eigenvalue weighted by Gasteiger charge is 2.23. The van der Waals surface area contributed by atoms with Gasteiger partial charge in [-0.15, -0.1) is 0 Å². The standard InChI is InChI=1S/C19H21N3O3/c1-14-17(18(25-21-14)16-10-6-13-24-16)19(23)20-11-7-12-22(2)15-8-4-3-5-9-15/h3-6,8-10,13H,7,11-12H2,1-2H3,(H,20,23). The van der Waals surface area contributed by atoms with E-state index in [4.69, 9.17) is 8.94 Å². The minimum absolute atomic E-state index is 0.201. The lowest BCUT2D eigenvalue weighted by Crippen LogP contribution is -2.28. The number of amides is 1. The lowest BCUT2D eigenvalue weighted by Gasteiger charge is -2.19. The molecule has 3 aromatic rings. The van der Waals surface area contributed by atoms with Crippen LogP contribution < -0.4 is 10.2 Å². The average Bonchev–Trinajstić information content (AvgIpc) is 3.28. The van der Waals surface area contributed by atoms with Gasteiger partial charge in [-0.1, -0.05) is 23.4 Å². The molecule has 0 aliphatic carbocycles. The van der Waals surface area contributed by atoms with E-state index in [1.165, 1.54) is 6.26 Å². The third-order valence-electron chi connectivity index (χ3n) is 3.99. The molecule has 130 valence electrons. The molecule has 0 atom stereocenters. The van der Waals surface area contributed by atoms with Crippen molar-refractivity contribution in [2.75, 3.05) is 25.0 Å². The molecule has 6 heteroatoms. The Balaban J connectivity index is 1.54. The van der Waals surface area contributed by atoms with Gasteiger partial charge in [0.05, 0.1) is 12.0 Å². The molecule has 1 aromatic carbocycles. The molecule has 0 saturated carbocycles. The van der Waals surface area contributed by atoms with Crippen molar-refractivity contribution < 1.29 is 13.7 Å². The first-order valence-electron chi connectivity index (χ1n) is 8.21. The van der Waals surface area contributed by atoms with E-state index in [0.717, 1.165) is 18.7 Å². The molecule has 6 nitrogen and oxygen atoms in total. The van der Waals surface area contributed by atoms with Crippen LogP contribution in [0.1, 0.15) is 22.5 Å². The zero-order valence-electron chi connectivity index (χ0n) is 14.4. The second-order valence-electron chi connectivity index (χ2n) is 5.82. The Morgan fingerprint density at radius 1 is 1.20 bits per heavy atom. The second-order valence-corrected chi connectivity index (χ2v) is 5.82. The van der Waals surface area contributed by atoms with Gasteiger partial charge in [-0.05, 0) is 37.6 Å². The zero-order chi connectivity index (χ0) is 17.6. The molecule has 0 spiro atoms. The molecule has 2 aromatic heterocycles. The summed E-state index contributed by atoms with van der Waals surface area (Å²) in [7, 11) is 2.04. The van der Waals surface area contributed by atoms with Crippen LogP contribution in [0.15, 0.2) is 57.7 Å². The van der Waals surface area contributed by atoms with Crippen molar-refractivity contribution in [3.05, 3.63) is 60.0 Å². The van der Waals surface area contributed by atoms with Gasteiger partial charge in [0, 0.05) is 25.8 Å². The summed E-state index contributed by atoms with van der Waals surface area (Å²) in [5, 5.41) is 6.81. The number of anilines is 1. The molecule has 0 saturated heterocycles. The molecule has 0 fully saturated rings. The molecule has 0 radical (unpaired) electrons. The number of para-hydroxylation sites is 1. The number of aryl methyl sites for hydroxylation is 1. The van der Waals surface area contributed by atoms with Crippen LogP contribution >= 0.6 is 0 Å². The predicted molar refractivity (Wildman–Crippen MR) is 95.6 cm³/mol. The Kier molecular flexibility index (Phi) is 5.18. The second kappa shape index (κ2) is 7.70. The van der Waals surface area contributed by atoms with Crippen LogP contribution in [0.2, 0.25) is 0 Å². The topological polar surface area (TPSA) is 71.5 Å². The van der Waals surface area contributed by atoms with Crippen LogP contribution in [-0.4, -0.2) is 31.2 Å². The van der Waals surface area contributed by atoms with E-state index in [1.807, 2.05) is 25.2 Å². The number of carbonyl (C=O) groups is 1. The van der Waals surface area contributed by atoms with E-state index in [9.17, 15) is 4.79 Å². The highest BCUT2D eigenvalue weighted by molar-refractivity contribution is 6.00.